The Kier molecular flexibility index (Phi) is 7.84. The fourth-order valence-electron chi connectivity index (χ4n) is 2.97. The molecular formula is C20H27ClFN3O4. The summed E-state index contributed by atoms with van der Waals surface area (Å²) in [6.45, 7) is 6.96. The molecule has 160 valence electrons. The predicted octanol–water partition coefficient (Wildman–Crippen LogP) is 3.07. The van der Waals surface area contributed by atoms with Gasteiger partial charge in [0.2, 0.25) is 5.91 Å². The fourth-order valence-corrected chi connectivity index (χ4v) is 3.22. The summed E-state index contributed by atoms with van der Waals surface area (Å²) in [4.78, 5) is 39.9. The van der Waals surface area contributed by atoms with E-state index in [1.54, 1.807) is 25.7 Å². The first-order valence-electron chi connectivity index (χ1n) is 9.56. The number of alkyl carbamates (subject to hydrolysis) is 1. The van der Waals surface area contributed by atoms with E-state index in [2.05, 4.69) is 5.32 Å². The van der Waals surface area contributed by atoms with Crippen LogP contribution in [-0.2, 0) is 9.53 Å². The third-order valence-electron chi connectivity index (χ3n) is 4.32. The average molecular weight is 428 g/mol. The van der Waals surface area contributed by atoms with Gasteiger partial charge in [-0.3, -0.25) is 9.59 Å². The standard InChI is InChI=1S/C20H27ClFN3O4/c1-20(2,3)29-19(28)23-9-8-16(26)24-10-5-11-25(13-12-24)18(27)17-14(21)6-4-7-15(17)22/h4,6-7H,5,8-13H2,1-3H3,(H,23,28). The molecule has 1 N–H and O–H groups in total. The van der Waals surface area contributed by atoms with E-state index in [1.807, 2.05) is 0 Å². The first kappa shape index (κ1) is 22.9. The summed E-state index contributed by atoms with van der Waals surface area (Å²) in [7, 11) is 0. The normalized spacial score (nSPS) is 14.9. The lowest BCUT2D eigenvalue weighted by Crippen LogP contribution is -2.39. The minimum Gasteiger partial charge on any atom is -0.444 e. The van der Waals surface area contributed by atoms with Crippen molar-refractivity contribution in [2.75, 3.05) is 32.7 Å². The molecule has 0 atom stereocenters. The Bertz CT molecular complexity index is 746. The summed E-state index contributed by atoms with van der Waals surface area (Å²) < 4.78 is 19.2. The molecule has 1 fully saturated rings. The van der Waals surface area contributed by atoms with Gasteiger partial charge in [0.05, 0.1) is 10.6 Å². The van der Waals surface area contributed by atoms with Crippen LogP contribution in [0.4, 0.5) is 9.18 Å². The lowest BCUT2D eigenvalue weighted by Gasteiger charge is -2.23. The smallest absolute Gasteiger partial charge is 0.407 e. The van der Waals surface area contributed by atoms with Gasteiger partial charge < -0.3 is 19.9 Å². The minimum absolute atomic E-state index is 0.0698. The molecule has 1 aromatic carbocycles. The van der Waals surface area contributed by atoms with E-state index in [9.17, 15) is 18.8 Å². The Morgan fingerprint density at radius 3 is 2.45 bits per heavy atom. The highest BCUT2D eigenvalue weighted by Gasteiger charge is 2.26. The van der Waals surface area contributed by atoms with E-state index in [4.69, 9.17) is 16.3 Å². The summed E-state index contributed by atoms with van der Waals surface area (Å²) in [5.41, 5.74) is -0.744. The van der Waals surface area contributed by atoms with E-state index in [0.717, 1.165) is 0 Å². The zero-order valence-corrected chi connectivity index (χ0v) is 17.7. The predicted molar refractivity (Wildman–Crippen MR) is 107 cm³/mol. The van der Waals surface area contributed by atoms with Crippen molar-refractivity contribution in [3.8, 4) is 0 Å². The van der Waals surface area contributed by atoms with Gasteiger partial charge in [-0.1, -0.05) is 17.7 Å². The zero-order valence-electron chi connectivity index (χ0n) is 17.0. The molecule has 7 nitrogen and oxygen atoms in total. The number of halogens is 2. The summed E-state index contributed by atoms with van der Waals surface area (Å²) >= 11 is 5.99. The highest BCUT2D eigenvalue weighted by Crippen LogP contribution is 2.21. The molecule has 1 heterocycles. The number of rotatable bonds is 4. The van der Waals surface area contributed by atoms with Crippen LogP contribution >= 0.6 is 11.6 Å². The van der Waals surface area contributed by atoms with Crippen molar-refractivity contribution in [1.82, 2.24) is 15.1 Å². The van der Waals surface area contributed by atoms with Crippen LogP contribution in [-0.4, -0.2) is 66.0 Å². The van der Waals surface area contributed by atoms with Gasteiger partial charge in [-0.25, -0.2) is 9.18 Å². The number of hydrogen-bond acceptors (Lipinski definition) is 4. The Morgan fingerprint density at radius 1 is 1.14 bits per heavy atom. The van der Waals surface area contributed by atoms with Crippen LogP contribution in [0.1, 0.15) is 44.0 Å². The van der Waals surface area contributed by atoms with E-state index < -0.39 is 23.4 Å². The molecule has 0 aromatic heterocycles. The molecule has 0 bridgehead atoms. The number of carbonyl (C=O) groups is 3. The van der Waals surface area contributed by atoms with Crippen molar-refractivity contribution >= 4 is 29.5 Å². The number of nitrogens with zero attached hydrogens (tertiary/aromatic N) is 2. The third-order valence-corrected chi connectivity index (χ3v) is 4.63. The second-order valence-corrected chi connectivity index (χ2v) is 8.21. The van der Waals surface area contributed by atoms with Crippen molar-refractivity contribution in [3.05, 3.63) is 34.6 Å². The SMILES string of the molecule is CC(C)(C)OC(=O)NCCC(=O)N1CCCN(C(=O)c2c(F)cccc2Cl)CC1. The van der Waals surface area contributed by atoms with Crippen LogP contribution in [0.5, 0.6) is 0 Å². The Morgan fingerprint density at radius 2 is 1.79 bits per heavy atom. The van der Waals surface area contributed by atoms with E-state index in [1.165, 1.54) is 23.1 Å². The third kappa shape index (κ3) is 6.88. The molecule has 0 aliphatic carbocycles. The van der Waals surface area contributed by atoms with Crippen LogP contribution in [0.15, 0.2) is 18.2 Å². The first-order valence-corrected chi connectivity index (χ1v) is 9.94. The summed E-state index contributed by atoms with van der Waals surface area (Å²) in [6.07, 6.45) is 0.134. The first-order chi connectivity index (χ1) is 13.6. The quantitative estimate of drug-likeness (QED) is 0.800. The Hall–Kier alpha value is -2.35. The maximum atomic E-state index is 14.0. The van der Waals surface area contributed by atoms with Crippen molar-refractivity contribution in [1.29, 1.82) is 0 Å². The molecule has 1 aromatic rings. The number of carbonyl (C=O) groups excluding carboxylic acids is 3. The summed E-state index contributed by atoms with van der Waals surface area (Å²) in [6, 6.07) is 4.12. The Labute approximate surface area is 175 Å². The van der Waals surface area contributed by atoms with Crippen LogP contribution in [0, 0.1) is 5.82 Å². The van der Waals surface area contributed by atoms with Crippen molar-refractivity contribution < 1.29 is 23.5 Å². The molecule has 9 heteroatoms. The van der Waals surface area contributed by atoms with Gasteiger partial charge in [0.15, 0.2) is 0 Å². The maximum Gasteiger partial charge on any atom is 0.407 e. The van der Waals surface area contributed by atoms with Gasteiger partial charge in [-0.2, -0.15) is 0 Å². The summed E-state index contributed by atoms with van der Waals surface area (Å²) in [5, 5.41) is 2.63. The topological polar surface area (TPSA) is 79.0 Å². The van der Waals surface area contributed by atoms with Crippen molar-refractivity contribution in [2.45, 2.75) is 39.2 Å². The highest BCUT2D eigenvalue weighted by molar-refractivity contribution is 6.33. The molecule has 1 aliphatic heterocycles. The molecule has 29 heavy (non-hydrogen) atoms. The number of ether oxygens (including phenoxy) is 1. The largest absolute Gasteiger partial charge is 0.444 e. The number of nitrogens with one attached hydrogen (secondary N) is 1. The molecule has 1 aliphatic rings. The number of hydrogen-bond donors (Lipinski definition) is 1. The van der Waals surface area contributed by atoms with E-state index in [0.29, 0.717) is 26.1 Å². The van der Waals surface area contributed by atoms with Gasteiger partial charge >= 0.3 is 6.09 Å². The van der Waals surface area contributed by atoms with Gasteiger partial charge in [0.1, 0.15) is 11.4 Å². The van der Waals surface area contributed by atoms with Crippen LogP contribution in [0.25, 0.3) is 0 Å². The number of amides is 3. The maximum absolute atomic E-state index is 14.0. The second kappa shape index (κ2) is 9.91. The van der Waals surface area contributed by atoms with Crippen LogP contribution in [0.2, 0.25) is 5.02 Å². The zero-order chi connectivity index (χ0) is 21.6. The molecule has 0 saturated carbocycles. The molecule has 0 spiro atoms. The van der Waals surface area contributed by atoms with E-state index >= 15 is 0 Å². The molecule has 0 radical (unpaired) electrons. The molecule has 3 amide bonds. The lowest BCUT2D eigenvalue weighted by molar-refractivity contribution is -0.130. The van der Waals surface area contributed by atoms with Gasteiger partial charge in [-0.15, -0.1) is 0 Å². The molecule has 0 unspecified atom stereocenters. The van der Waals surface area contributed by atoms with Gasteiger partial charge in [0, 0.05) is 39.1 Å². The van der Waals surface area contributed by atoms with Crippen LogP contribution in [0.3, 0.4) is 0 Å². The van der Waals surface area contributed by atoms with Gasteiger partial charge in [0.25, 0.3) is 5.91 Å². The number of benzene rings is 1. The highest BCUT2D eigenvalue weighted by atomic mass is 35.5. The van der Waals surface area contributed by atoms with Crippen molar-refractivity contribution in [3.63, 3.8) is 0 Å². The lowest BCUT2D eigenvalue weighted by atomic mass is 10.1. The molecule has 2 rings (SSSR count). The average Bonchev–Trinajstić information content (AvgIpc) is 2.86. The van der Waals surface area contributed by atoms with Gasteiger partial charge in [-0.05, 0) is 39.3 Å². The van der Waals surface area contributed by atoms with E-state index in [-0.39, 0.29) is 36.0 Å². The van der Waals surface area contributed by atoms with Crippen LogP contribution < -0.4 is 5.32 Å². The molecular weight excluding hydrogens is 401 g/mol. The van der Waals surface area contributed by atoms with Crippen molar-refractivity contribution in [2.24, 2.45) is 0 Å². The Balaban J connectivity index is 1.85. The summed E-state index contributed by atoms with van der Waals surface area (Å²) in [5.74, 6) is -1.26. The second-order valence-electron chi connectivity index (χ2n) is 7.80. The minimum atomic E-state index is -0.659. The molecule has 1 saturated heterocycles. The monoisotopic (exact) mass is 427 g/mol. The fraction of sp³-hybridized carbons (Fsp3) is 0.550.